The van der Waals surface area contributed by atoms with E-state index in [0.29, 0.717) is 17.1 Å². The topological polar surface area (TPSA) is 40.9 Å². The summed E-state index contributed by atoms with van der Waals surface area (Å²) in [6.45, 7) is 3.94. The van der Waals surface area contributed by atoms with Gasteiger partial charge in [-0.2, -0.15) is 0 Å². The summed E-state index contributed by atoms with van der Waals surface area (Å²) in [6.07, 6.45) is 3.00. The molecule has 5 rings (SSSR count). The summed E-state index contributed by atoms with van der Waals surface area (Å²) in [5.74, 6) is 0.0113. The van der Waals surface area contributed by atoms with Crippen LogP contribution >= 0.6 is 11.6 Å². The summed E-state index contributed by atoms with van der Waals surface area (Å²) >= 11 is 6.27. The second-order valence-corrected chi connectivity index (χ2v) is 8.51. The van der Waals surface area contributed by atoms with E-state index < -0.39 is 0 Å². The third-order valence-electron chi connectivity index (χ3n) is 6.03. The highest BCUT2D eigenvalue weighted by Gasteiger charge is 2.23. The summed E-state index contributed by atoms with van der Waals surface area (Å²) in [5, 5.41) is 0.511. The van der Waals surface area contributed by atoms with Gasteiger partial charge in [0.1, 0.15) is 5.65 Å². The van der Waals surface area contributed by atoms with Crippen LogP contribution in [-0.2, 0) is 6.54 Å². The van der Waals surface area contributed by atoms with Crippen LogP contribution in [-0.4, -0.2) is 51.3 Å². The first-order valence-corrected chi connectivity index (χ1v) is 11.4. The van der Waals surface area contributed by atoms with E-state index in [9.17, 15) is 4.79 Å². The third kappa shape index (κ3) is 4.14. The van der Waals surface area contributed by atoms with Crippen LogP contribution in [0.15, 0.2) is 79.0 Å². The van der Waals surface area contributed by atoms with Gasteiger partial charge < -0.3 is 9.30 Å². The number of aromatic nitrogens is 2. The molecule has 1 amide bonds. The quantitative estimate of drug-likeness (QED) is 0.444. The Morgan fingerprint density at radius 3 is 2.50 bits per heavy atom. The minimum Gasteiger partial charge on any atom is -0.337 e. The van der Waals surface area contributed by atoms with Gasteiger partial charge in [-0.1, -0.05) is 60.1 Å². The number of pyridine rings is 1. The molecule has 1 aliphatic rings. The molecule has 1 fully saturated rings. The minimum atomic E-state index is 0.0113. The highest BCUT2D eigenvalue weighted by atomic mass is 35.5. The maximum Gasteiger partial charge on any atom is 0.255 e. The Morgan fingerprint density at radius 2 is 1.66 bits per heavy atom. The summed E-state index contributed by atoms with van der Waals surface area (Å²) in [4.78, 5) is 22.3. The Labute approximate surface area is 192 Å². The molecule has 1 saturated heterocycles. The van der Waals surface area contributed by atoms with E-state index in [1.54, 1.807) is 12.1 Å². The first-order chi connectivity index (χ1) is 15.7. The molecule has 0 saturated carbocycles. The van der Waals surface area contributed by atoms with E-state index in [-0.39, 0.29) is 5.91 Å². The highest BCUT2D eigenvalue weighted by molar-refractivity contribution is 6.33. The van der Waals surface area contributed by atoms with Crippen LogP contribution in [0.2, 0.25) is 5.02 Å². The molecule has 4 aromatic rings. The molecule has 2 aromatic heterocycles. The van der Waals surface area contributed by atoms with Gasteiger partial charge in [0.15, 0.2) is 0 Å². The van der Waals surface area contributed by atoms with Crippen molar-refractivity contribution in [2.75, 3.05) is 26.2 Å². The number of halogens is 1. The van der Waals surface area contributed by atoms with E-state index in [1.165, 1.54) is 5.69 Å². The number of amides is 1. The molecular formula is C26H25ClN4O. The molecule has 0 aliphatic carbocycles. The van der Waals surface area contributed by atoms with Crippen LogP contribution < -0.4 is 0 Å². The lowest BCUT2D eigenvalue weighted by Gasteiger charge is -2.22. The van der Waals surface area contributed by atoms with Crippen molar-refractivity contribution in [2.45, 2.75) is 13.0 Å². The number of hydrogen-bond acceptors (Lipinski definition) is 3. The van der Waals surface area contributed by atoms with Crippen molar-refractivity contribution in [1.82, 2.24) is 19.2 Å². The molecule has 2 aromatic carbocycles. The van der Waals surface area contributed by atoms with Crippen LogP contribution in [0.4, 0.5) is 0 Å². The average Bonchev–Trinajstić information content (AvgIpc) is 3.02. The predicted octanol–water partition coefficient (Wildman–Crippen LogP) is 5.00. The van der Waals surface area contributed by atoms with E-state index in [1.807, 2.05) is 53.4 Å². The van der Waals surface area contributed by atoms with Gasteiger partial charge in [-0.25, -0.2) is 4.98 Å². The van der Waals surface area contributed by atoms with Crippen LogP contribution in [0.25, 0.3) is 16.9 Å². The average molecular weight is 445 g/mol. The molecule has 0 unspecified atom stereocenters. The van der Waals surface area contributed by atoms with Crippen molar-refractivity contribution < 1.29 is 4.79 Å². The molecule has 3 heterocycles. The first kappa shape index (κ1) is 20.7. The minimum absolute atomic E-state index is 0.0113. The fourth-order valence-corrected chi connectivity index (χ4v) is 4.59. The number of imidazole rings is 1. The first-order valence-electron chi connectivity index (χ1n) is 11.0. The Kier molecular flexibility index (Phi) is 5.93. The molecule has 0 spiro atoms. The van der Waals surface area contributed by atoms with Gasteiger partial charge in [0.2, 0.25) is 0 Å². The number of carbonyl (C=O) groups is 1. The largest absolute Gasteiger partial charge is 0.337 e. The van der Waals surface area contributed by atoms with Gasteiger partial charge in [0, 0.05) is 44.5 Å². The van der Waals surface area contributed by atoms with Gasteiger partial charge in [0.05, 0.1) is 22.0 Å². The van der Waals surface area contributed by atoms with Crippen LogP contribution in [0.5, 0.6) is 0 Å². The van der Waals surface area contributed by atoms with Crippen molar-refractivity contribution in [3.63, 3.8) is 0 Å². The van der Waals surface area contributed by atoms with Crippen molar-refractivity contribution in [1.29, 1.82) is 0 Å². The third-order valence-corrected chi connectivity index (χ3v) is 6.36. The second kappa shape index (κ2) is 9.15. The molecule has 0 radical (unpaired) electrons. The molecule has 6 heteroatoms. The summed E-state index contributed by atoms with van der Waals surface area (Å²) in [7, 11) is 0. The van der Waals surface area contributed by atoms with Gasteiger partial charge in [-0.05, 0) is 30.7 Å². The summed E-state index contributed by atoms with van der Waals surface area (Å²) in [6, 6.07) is 23.7. The molecule has 0 N–H and O–H groups in total. The molecular weight excluding hydrogens is 420 g/mol. The van der Waals surface area contributed by atoms with Gasteiger partial charge in [0.25, 0.3) is 5.91 Å². The lowest BCUT2D eigenvalue weighted by atomic mass is 10.1. The predicted molar refractivity (Wildman–Crippen MR) is 128 cm³/mol. The van der Waals surface area contributed by atoms with Crippen LogP contribution in [0.3, 0.4) is 0 Å². The Morgan fingerprint density at radius 1 is 0.875 bits per heavy atom. The Bertz CT molecular complexity index is 1240. The van der Waals surface area contributed by atoms with E-state index in [2.05, 4.69) is 27.6 Å². The molecule has 5 nitrogen and oxygen atoms in total. The van der Waals surface area contributed by atoms with Crippen molar-refractivity contribution in [3.8, 4) is 11.3 Å². The standard InChI is InChI=1S/C26H25ClN4O/c27-22-12-5-4-11-21(22)26(32)30-15-8-14-29(17-18-30)19-23-25(20-9-2-1-3-10-20)28-24-13-6-7-16-31(23)24/h1-7,9-13,16H,8,14-15,17-19H2. The lowest BCUT2D eigenvalue weighted by Crippen LogP contribution is -2.35. The van der Waals surface area contributed by atoms with Gasteiger partial charge in [-0.15, -0.1) is 0 Å². The monoisotopic (exact) mass is 444 g/mol. The van der Waals surface area contributed by atoms with Crippen molar-refractivity contribution in [3.05, 3.63) is 95.3 Å². The molecule has 32 heavy (non-hydrogen) atoms. The summed E-state index contributed by atoms with van der Waals surface area (Å²) < 4.78 is 2.18. The zero-order valence-electron chi connectivity index (χ0n) is 17.8. The fourth-order valence-electron chi connectivity index (χ4n) is 4.37. The number of nitrogens with zero attached hydrogens (tertiary/aromatic N) is 4. The highest BCUT2D eigenvalue weighted by Crippen LogP contribution is 2.26. The number of carbonyl (C=O) groups excluding carboxylic acids is 1. The molecule has 1 aliphatic heterocycles. The maximum absolute atomic E-state index is 13.0. The lowest BCUT2D eigenvalue weighted by molar-refractivity contribution is 0.0761. The van der Waals surface area contributed by atoms with Crippen molar-refractivity contribution >= 4 is 23.2 Å². The SMILES string of the molecule is O=C(c1ccccc1Cl)N1CCCN(Cc2c(-c3ccccc3)nc3ccccn23)CC1. The van der Waals surface area contributed by atoms with Crippen LogP contribution in [0, 0.1) is 0 Å². The molecule has 162 valence electrons. The van der Waals surface area contributed by atoms with Gasteiger partial charge in [-0.3, -0.25) is 9.69 Å². The Balaban J connectivity index is 1.37. The van der Waals surface area contributed by atoms with Crippen LogP contribution in [0.1, 0.15) is 22.5 Å². The second-order valence-electron chi connectivity index (χ2n) is 8.10. The molecule has 0 atom stereocenters. The normalized spacial score (nSPS) is 15.1. The number of hydrogen-bond donors (Lipinski definition) is 0. The maximum atomic E-state index is 13.0. The smallest absolute Gasteiger partial charge is 0.255 e. The number of benzene rings is 2. The van der Waals surface area contributed by atoms with Gasteiger partial charge >= 0.3 is 0 Å². The Hall–Kier alpha value is -3.15. The summed E-state index contributed by atoms with van der Waals surface area (Å²) in [5.41, 5.74) is 4.85. The van der Waals surface area contributed by atoms with Crippen molar-refractivity contribution in [2.24, 2.45) is 0 Å². The zero-order chi connectivity index (χ0) is 21.9. The number of fused-ring (bicyclic) bond motifs is 1. The number of rotatable bonds is 4. The molecule has 0 bridgehead atoms. The van der Waals surface area contributed by atoms with E-state index in [4.69, 9.17) is 16.6 Å². The zero-order valence-corrected chi connectivity index (χ0v) is 18.6. The van der Waals surface area contributed by atoms with E-state index in [0.717, 1.165) is 49.5 Å². The fraction of sp³-hybridized carbons (Fsp3) is 0.231. The van der Waals surface area contributed by atoms with E-state index >= 15 is 0 Å².